The molecule has 0 saturated heterocycles. The predicted molar refractivity (Wildman–Crippen MR) is 84.0 cm³/mol. The molecule has 3 rings (SSSR count). The number of benzene rings is 1. The fourth-order valence-corrected chi connectivity index (χ4v) is 2.84. The van der Waals surface area contributed by atoms with E-state index in [1.807, 2.05) is 37.3 Å². The van der Waals surface area contributed by atoms with Gasteiger partial charge < -0.3 is 10.1 Å². The molecule has 1 aromatic carbocycles. The summed E-state index contributed by atoms with van der Waals surface area (Å²) < 4.78 is 0. The monoisotopic (exact) mass is 281 g/mol. The van der Waals surface area contributed by atoms with Crippen LogP contribution in [0.1, 0.15) is 29.8 Å². The molecule has 21 heavy (non-hydrogen) atoms. The lowest BCUT2D eigenvalue weighted by Gasteiger charge is -2.24. The van der Waals surface area contributed by atoms with Crippen LogP contribution < -0.4 is 4.90 Å². The lowest BCUT2D eigenvalue weighted by molar-refractivity contribution is 0.318. The average Bonchev–Trinajstić information content (AvgIpc) is 2.67. The van der Waals surface area contributed by atoms with Crippen LogP contribution in [-0.4, -0.2) is 22.4 Å². The van der Waals surface area contributed by atoms with E-state index in [0.717, 1.165) is 54.3 Å². The van der Waals surface area contributed by atoms with Crippen molar-refractivity contribution in [1.29, 1.82) is 0 Å². The van der Waals surface area contributed by atoms with Gasteiger partial charge in [-0.2, -0.15) is 0 Å². The molecule has 1 N–H and O–H groups in total. The number of pyridine rings is 1. The summed E-state index contributed by atoms with van der Waals surface area (Å²) in [6.07, 6.45) is 1.77. The number of aryl methyl sites for hydroxylation is 1. The molecule has 0 radical (unpaired) electrons. The van der Waals surface area contributed by atoms with E-state index in [4.69, 9.17) is 0 Å². The molecular formula is C17H19N3O. The maximum Gasteiger partial charge on any atom is 0.0889 e. The van der Waals surface area contributed by atoms with Gasteiger partial charge >= 0.3 is 0 Å². The van der Waals surface area contributed by atoms with Gasteiger partial charge in [0.25, 0.3) is 0 Å². The minimum atomic E-state index is 0.769. The first-order valence-electron chi connectivity index (χ1n) is 7.26. The van der Waals surface area contributed by atoms with E-state index in [2.05, 4.69) is 27.2 Å². The molecule has 0 bridgehead atoms. The van der Waals surface area contributed by atoms with Crippen LogP contribution in [0.2, 0.25) is 0 Å². The van der Waals surface area contributed by atoms with E-state index in [1.165, 1.54) is 0 Å². The van der Waals surface area contributed by atoms with Gasteiger partial charge in [0, 0.05) is 23.5 Å². The summed E-state index contributed by atoms with van der Waals surface area (Å²) in [5.41, 5.74) is 5.00. The fraction of sp³-hybridized carbons (Fsp3) is 0.294. The summed E-state index contributed by atoms with van der Waals surface area (Å²) in [4.78, 5) is 6.90. The van der Waals surface area contributed by atoms with Crippen molar-refractivity contribution in [2.45, 2.75) is 26.3 Å². The SMILES string of the molecule is Cc1cccc(CN2CCC/C(=N/O)c3ccccc32)n1. The highest BCUT2D eigenvalue weighted by atomic mass is 16.4. The van der Waals surface area contributed by atoms with Gasteiger partial charge in [0.05, 0.1) is 18.0 Å². The molecule has 108 valence electrons. The molecule has 1 aliphatic rings. The number of aromatic nitrogens is 1. The number of nitrogens with zero attached hydrogens (tertiary/aromatic N) is 3. The zero-order valence-electron chi connectivity index (χ0n) is 12.2. The Hall–Kier alpha value is -2.36. The van der Waals surface area contributed by atoms with Crippen LogP contribution in [0.4, 0.5) is 5.69 Å². The highest BCUT2D eigenvalue weighted by molar-refractivity contribution is 6.05. The van der Waals surface area contributed by atoms with Crippen molar-refractivity contribution in [3.63, 3.8) is 0 Å². The first-order chi connectivity index (χ1) is 10.3. The fourth-order valence-electron chi connectivity index (χ4n) is 2.84. The lowest BCUT2D eigenvalue weighted by atomic mass is 10.1. The Labute approximate surface area is 124 Å². The molecule has 0 unspecified atom stereocenters. The Balaban J connectivity index is 1.95. The second-order valence-corrected chi connectivity index (χ2v) is 5.36. The molecular weight excluding hydrogens is 262 g/mol. The largest absolute Gasteiger partial charge is 0.411 e. The van der Waals surface area contributed by atoms with Crippen molar-refractivity contribution in [3.05, 3.63) is 59.4 Å². The lowest BCUT2D eigenvalue weighted by Crippen LogP contribution is -2.24. The van der Waals surface area contributed by atoms with E-state index < -0.39 is 0 Å². The molecule has 1 aromatic heterocycles. The standard InChI is InChI=1S/C17H19N3O/c1-13-6-4-7-14(18-13)12-20-11-5-9-16(19-21)15-8-2-3-10-17(15)20/h2-4,6-8,10,21H,5,9,11-12H2,1H3/b19-16-. The average molecular weight is 281 g/mol. The number of anilines is 1. The van der Waals surface area contributed by atoms with Crippen LogP contribution in [0.15, 0.2) is 47.6 Å². The Bertz CT molecular complexity index is 667. The van der Waals surface area contributed by atoms with Crippen LogP contribution in [0.5, 0.6) is 0 Å². The summed E-state index contributed by atoms with van der Waals surface area (Å²) in [6, 6.07) is 14.2. The normalized spacial score (nSPS) is 16.6. The molecule has 0 saturated carbocycles. The molecule has 4 heteroatoms. The van der Waals surface area contributed by atoms with E-state index in [9.17, 15) is 5.21 Å². The number of hydrogen-bond acceptors (Lipinski definition) is 4. The number of oxime groups is 1. The van der Waals surface area contributed by atoms with Gasteiger partial charge in [-0.15, -0.1) is 0 Å². The highest BCUT2D eigenvalue weighted by Gasteiger charge is 2.19. The maximum absolute atomic E-state index is 9.23. The summed E-state index contributed by atoms with van der Waals surface area (Å²) in [5.74, 6) is 0. The van der Waals surface area contributed by atoms with Gasteiger partial charge in [-0.25, -0.2) is 0 Å². The van der Waals surface area contributed by atoms with Gasteiger partial charge in [-0.05, 0) is 38.0 Å². The first kappa shape index (κ1) is 13.6. The van der Waals surface area contributed by atoms with Gasteiger partial charge in [0.15, 0.2) is 0 Å². The zero-order chi connectivity index (χ0) is 14.7. The summed E-state index contributed by atoms with van der Waals surface area (Å²) in [5, 5.41) is 12.7. The summed E-state index contributed by atoms with van der Waals surface area (Å²) in [6.45, 7) is 3.72. The molecule has 4 nitrogen and oxygen atoms in total. The van der Waals surface area contributed by atoms with Crippen molar-refractivity contribution in [2.75, 3.05) is 11.4 Å². The van der Waals surface area contributed by atoms with E-state index >= 15 is 0 Å². The smallest absolute Gasteiger partial charge is 0.0889 e. The Morgan fingerprint density at radius 2 is 2.05 bits per heavy atom. The molecule has 0 aliphatic carbocycles. The van der Waals surface area contributed by atoms with Gasteiger partial charge in [0.2, 0.25) is 0 Å². The van der Waals surface area contributed by atoms with Gasteiger partial charge in [-0.1, -0.05) is 29.4 Å². The summed E-state index contributed by atoms with van der Waals surface area (Å²) in [7, 11) is 0. The topological polar surface area (TPSA) is 48.7 Å². The van der Waals surface area contributed by atoms with Crippen LogP contribution in [0, 0.1) is 6.92 Å². The van der Waals surface area contributed by atoms with E-state index in [-0.39, 0.29) is 0 Å². The van der Waals surface area contributed by atoms with Crippen LogP contribution in [-0.2, 0) is 6.54 Å². The Morgan fingerprint density at radius 1 is 1.19 bits per heavy atom. The molecule has 0 atom stereocenters. The quantitative estimate of drug-likeness (QED) is 0.678. The third-order valence-electron chi connectivity index (χ3n) is 3.82. The van der Waals surface area contributed by atoms with Crippen molar-refractivity contribution < 1.29 is 5.21 Å². The highest BCUT2D eigenvalue weighted by Crippen LogP contribution is 2.27. The molecule has 1 aliphatic heterocycles. The minimum Gasteiger partial charge on any atom is -0.411 e. The van der Waals surface area contributed by atoms with Crippen LogP contribution in [0.3, 0.4) is 0 Å². The number of rotatable bonds is 2. The van der Waals surface area contributed by atoms with Crippen molar-refractivity contribution in [1.82, 2.24) is 4.98 Å². The van der Waals surface area contributed by atoms with Crippen LogP contribution >= 0.6 is 0 Å². The van der Waals surface area contributed by atoms with Crippen molar-refractivity contribution in [3.8, 4) is 0 Å². The van der Waals surface area contributed by atoms with E-state index in [0.29, 0.717) is 0 Å². The van der Waals surface area contributed by atoms with Crippen molar-refractivity contribution >= 4 is 11.4 Å². The number of hydrogen-bond donors (Lipinski definition) is 1. The molecule has 2 heterocycles. The molecule has 0 fully saturated rings. The third-order valence-corrected chi connectivity index (χ3v) is 3.82. The predicted octanol–water partition coefficient (Wildman–Crippen LogP) is 3.37. The molecule has 2 aromatic rings. The van der Waals surface area contributed by atoms with Crippen molar-refractivity contribution in [2.24, 2.45) is 5.16 Å². The molecule has 0 spiro atoms. The Morgan fingerprint density at radius 3 is 2.86 bits per heavy atom. The first-order valence-corrected chi connectivity index (χ1v) is 7.26. The van der Waals surface area contributed by atoms with Gasteiger partial charge in [-0.3, -0.25) is 4.98 Å². The molecule has 0 amide bonds. The second kappa shape index (κ2) is 5.95. The maximum atomic E-state index is 9.23. The zero-order valence-corrected chi connectivity index (χ0v) is 12.2. The minimum absolute atomic E-state index is 0.769. The number of fused-ring (bicyclic) bond motifs is 1. The van der Waals surface area contributed by atoms with Gasteiger partial charge in [0.1, 0.15) is 0 Å². The summed E-state index contributed by atoms with van der Waals surface area (Å²) >= 11 is 0. The second-order valence-electron chi connectivity index (χ2n) is 5.36. The third kappa shape index (κ3) is 2.89. The Kier molecular flexibility index (Phi) is 3.86. The van der Waals surface area contributed by atoms with Crippen LogP contribution in [0.25, 0.3) is 0 Å². The number of para-hydroxylation sites is 1. The van der Waals surface area contributed by atoms with E-state index in [1.54, 1.807) is 0 Å².